The molecule has 0 aliphatic carbocycles. The Morgan fingerprint density at radius 2 is 2.10 bits per heavy atom. The molecule has 0 spiro atoms. The van der Waals surface area contributed by atoms with E-state index < -0.39 is 21.2 Å². The van der Waals surface area contributed by atoms with E-state index in [1.165, 1.54) is 12.0 Å². The van der Waals surface area contributed by atoms with E-state index >= 15 is 0 Å². The highest BCUT2D eigenvalue weighted by Gasteiger charge is 2.37. The Kier molecular flexibility index (Phi) is 4.02. The molecule has 1 unspecified atom stereocenters. The Morgan fingerprint density at radius 1 is 1.43 bits per heavy atom. The van der Waals surface area contributed by atoms with Gasteiger partial charge in [0.1, 0.15) is 5.25 Å². The predicted molar refractivity (Wildman–Crippen MR) is 76.4 cm³/mol. The van der Waals surface area contributed by atoms with Gasteiger partial charge in [-0.3, -0.25) is 4.79 Å². The lowest BCUT2D eigenvalue weighted by Crippen LogP contribution is -2.32. The SMILES string of the molecule is COC(=O)c1cccc(N2CC(S(N)(=O)=O)CC2=O)c1C. The Bertz CT molecular complexity index is 699. The van der Waals surface area contributed by atoms with Crippen molar-refractivity contribution in [2.24, 2.45) is 5.14 Å². The van der Waals surface area contributed by atoms with Crippen molar-refractivity contribution in [2.45, 2.75) is 18.6 Å². The number of ether oxygens (including phenoxy) is 1. The lowest BCUT2D eigenvalue weighted by Gasteiger charge is -2.20. The first-order valence-corrected chi connectivity index (χ1v) is 7.86. The van der Waals surface area contributed by atoms with Gasteiger partial charge >= 0.3 is 5.97 Å². The molecular weight excluding hydrogens is 296 g/mol. The Balaban J connectivity index is 2.40. The number of benzene rings is 1. The van der Waals surface area contributed by atoms with Crippen LogP contribution in [0.5, 0.6) is 0 Å². The third kappa shape index (κ3) is 2.91. The van der Waals surface area contributed by atoms with Gasteiger partial charge in [-0.25, -0.2) is 18.4 Å². The Morgan fingerprint density at radius 3 is 2.62 bits per heavy atom. The summed E-state index contributed by atoms with van der Waals surface area (Å²) < 4.78 is 27.5. The molecule has 0 aromatic heterocycles. The van der Waals surface area contributed by atoms with Crippen molar-refractivity contribution in [1.82, 2.24) is 0 Å². The van der Waals surface area contributed by atoms with Gasteiger partial charge < -0.3 is 9.64 Å². The van der Waals surface area contributed by atoms with E-state index in [1.54, 1.807) is 25.1 Å². The summed E-state index contributed by atoms with van der Waals surface area (Å²) in [5.74, 6) is -0.844. The minimum Gasteiger partial charge on any atom is -0.465 e. The number of nitrogens with zero attached hydrogens (tertiary/aromatic N) is 1. The number of hydrogen-bond acceptors (Lipinski definition) is 5. The number of primary sulfonamides is 1. The summed E-state index contributed by atoms with van der Waals surface area (Å²) in [6.07, 6.45) is -0.152. The molecular formula is C13H16N2O5S. The van der Waals surface area contributed by atoms with Crippen molar-refractivity contribution in [2.75, 3.05) is 18.6 Å². The number of sulfonamides is 1. The maximum Gasteiger partial charge on any atom is 0.338 e. The third-order valence-corrected chi connectivity index (χ3v) is 4.80. The van der Waals surface area contributed by atoms with E-state index in [9.17, 15) is 18.0 Å². The van der Waals surface area contributed by atoms with Crippen LogP contribution in [0.2, 0.25) is 0 Å². The van der Waals surface area contributed by atoms with E-state index in [1.807, 2.05) is 0 Å². The van der Waals surface area contributed by atoms with Crippen LogP contribution >= 0.6 is 0 Å². The van der Waals surface area contributed by atoms with Crippen molar-refractivity contribution in [3.8, 4) is 0 Å². The van der Waals surface area contributed by atoms with Crippen molar-refractivity contribution >= 4 is 27.6 Å². The standard InChI is InChI=1S/C13H16N2O5S/c1-8-10(13(17)20-2)4-3-5-11(8)15-7-9(6-12(15)16)21(14,18)19/h3-5,9H,6-7H2,1-2H3,(H2,14,18,19). The molecule has 0 bridgehead atoms. The first-order chi connectivity index (χ1) is 9.75. The molecule has 8 heteroatoms. The van der Waals surface area contributed by atoms with Crippen LogP contribution in [0.3, 0.4) is 0 Å². The molecule has 1 aromatic carbocycles. The highest BCUT2D eigenvalue weighted by molar-refractivity contribution is 7.89. The van der Waals surface area contributed by atoms with Crippen molar-refractivity contribution < 1.29 is 22.7 Å². The molecule has 2 N–H and O–H groups in total. The van der Waals surface area contributed by atoms with Gasteiger partial charge in [0.2, 0.25) is 15.9 Å². The lowest BCUT2D eigenvalue weighted by atomic mass is 10.1. The zero-order chi connectivity index (χ0) is 15.8. The number of hydrogen-bond donors (Lipinski definition) is 1. The zero-order valence-electron chi connectivity index (χ0n) is 11.7. The van der Waals surface area contributed by atoms with Gasteiger partial charge in [-0.2, -0.15) is 0 Å². The van der Waals surface area contributed by atoms with Crippen LogP contribution < -0.4 is 10.0 Å². The van der Waals surface area contributed by atoms with E-state index in [4.69, 9.17) is 5.14 Å². The molecule has 1 amide bonds. The van der Waals surface area contributed by atoms with Crippen LogP contribution in [0, 0.1) is 6.92 Å². The summed E-state index contributed by atoms with van der Waals surface area (Å²) in [4.78, 5) is 25.0. The van der Waals surface area contributed by atoms with Crippen molar-refractivity contribution in [1.29, 1.82) is 0 Å². The van der Waals surface area contributed by atoms with Crippen LogP contribution in [0.4, 0.5) is 5.69 Å². The monoisotopic (exact) mass is 312 g/mol. The number of methoxy groups -OCH3 is 1. The highest BCUT2D eigenvalue weighted by Crippen LogP contribution is 2.29. The number of anilines is 1. The van der Waals surface area contributed by atoms with E-state index in [-0.39, 0.29) is 18.9 Å². The van der Waals surface area contributed by atoms with Crippen LogP contribution in [-0.2, 0) is 19.6 Å². The summed E-state index contributed by atoms with van der Waals surface area (Å²) in [7, 11) is -2.50. The smallest absolute Gasteiger partial charge is 0.338 e. The second kappa shape index (κ2) is 5.45. The molecule has 1 aliphatic rings. The van der Waals surface area contributed by atoms with Crippen molar-refractivity contribution in [3.63, 3.8) is 0 Å². The fraction of sp³-hybridized carbons (Fsp3) is 0.385. The van der Waals surface area contributed by atoms with Crippen molar-refractivity contribution in [3.05, 3.63) is 29.3 Å². The molecule has 0 saturated carbocycles. The largest absolute Gasteiger partial charge is 0.465 e. The van der Waals surface area contributed by atoms with Gasteiger partial charge in [0.25, 0.3) is 0 Å². The third-order valence-electron chi connectivity index (χ3n) is 3.56. The quantitative estimate of drug-likeness (QED) is 0.801. The van der Waals surface area contributed by atoms with E-state index in [0.29, 0.717) is 16.8 Å². The van der Waals surface area contributed by atoms with Gasteiger partial charge in [0.15, 0.2) is 0 Å². The maximum absolute atomic E-state index is 12.0. The molecule has 1 heterocycles. The summed E-state index contributed by atoms with van der Waals surface area (Å²) >= 11 is 0. The maximum atomic E-state index is 12.0. The molecule has 7 nitrogen and oxygen atoms in total. The molecule has 0 radical (unpaired) electrons. The number of rotatable bonds is 3. The Labute approximate surface area is 122 Å². The molecule has 1 atom stereocenters. The topological polar surface area (TPSA) is 107 Å². The van der Waals surface area contributed by atoms with Gasteiger partial charge in [0.05, 0.1) is 12.7 Å². The molecule has 1 aromatic rings. The van der Waals surface area contributed by atoms with E-state index in [2.05, 4.69) is 4.74 Å². The average Bonchev–Trinajstić information content (AvgIpc) is 2.80. The van der Waals surface area contributed by atoms with Gasteiger partial charge in [0, 0.05) is 18.7 Å². The molecule has 1 saturated heterocycles. The fourth-order valence-electron chi connectivity index (χ4n) is 2.37. The summed E-state index contributed by atoms with van der Waals surface area (Å²) in [6.45, 7) is 1.67. The van der Waals surface area contributed by atoms with Gasteiger partial charge in [-0.15, -0.1) is 0 Å². The molecule has 1 fully saturated rings. The number of carbonyl (C=O) groups excluding carboxylic acids is 2. The Hall–Kier alpha value is -1.93. The second-order valence-electron chi connectivity index (χ2n) is 4.86. The fourth-order valence-corrected chi connectivity index (χ4v) is 3.11. The number of nitrogens with two attached hydrogens (primary N) is 1. The lowest BCUT2D eigenvalue weighted by molar-refractivity contribution is -0.117. The number of carbonyl (C=O) groups is 2. The minimum absolute atomic E-state index is 0.0108. The molecule has 1 aliphatic heterocycles. The highest BCUT2D eigenvalue weighted by atomic mass is 32.2. The van der Waals surface area contributed by atoms with Crippen LogP contribution in [-0.4, -0.2) is 39.2 Å². The van der Waals surface area contributed by atoms with Crippen LogP contribution in [0.25, 0.3) is 0 Å². The molecule has 2 rings (SSSR count). The van der Waals surface area contributed by atoms with E-state index in [0.717, 1.165) is 0 Å². The normalized spacial score (nSPS) is 18.9. The first-order valence-electron chi connectivity index (χ1n) is 6.25. The predicted octanol–water partition coefficient (Wildman–Crippen LogP) is 0.175. The average molecular weight is 312 g/mol. The first kappa shape index (κ1) is 15.5. The summed E-state index contributed by atoms with van der Waals surface area (Å²) in [5, 5.41) is 4.18. The summed E-state index contributed by atoms with van der Waals surface area (Å²) in [6, 6.07) is 4.86. The van der Waals surface area contributed by atoms with Crippen LogP contribution in [0.15, 0.2) is 18.2 Å². The van der Waals surface area contributed by atoms with Gasteiger partial charge in [-0.05, 0) is 24.6 Å². The van der Waals surface area contributed by atoms with Gasteiger partial charge in [-0.1, -0.05) is 6.07 Å². The zero-order valence-corrected chi connectivity index (χ0v) is 12.5. The number of esters is 1. The number of amides is 1. The molecule has 114 valence electrons. The molecule has 21 heavy (non-hydrogen) atoms. The summed E-state index contributed by atoms with van der Waals surface area (Å²) in [5.41, 5.74) is 1.39. The second-order valence-corrected chi connectivity index (χ2v) is 6.71. The minimum atomic E-state index is -3.77. The van der Waals surface area contributed by atoms with Crippen LogP contribution in [0.1, 0.15) is 22.3 Å².